The molecule has 5 heteroatoms. The number of hydrogen-bond acceptors (Lipinski definition) is 3. The summed E-state index contributed by atoms with van der Waals surface area (Å²) in [6.45, 7) is 0.577. The first-order chi connectivity index (χ1) is 11.7. The first kappa shape index (κ1) is 15.6. The molecule has 0 bridgehead atoms. The smallest absolute Gasteiger partial charge is 0.238 e. The molecule has 2 aromatic rings. The van der Waals surface area contributed by atoms with Gasteiger partial charge in [-0.2, -0.15) is 0 Å². The lowest BCUT2D eigenvalue weighted by Gasteiger charge is -2.28. The Morgan fingerprint density at radius 1 is 0.958 bits per heavy atom. The highest BCUT2D eigenvalue weighted by atomic mass is 32.2. The number of fused-ring (bicyclic) bond motifs is 1. The zero-order chi connectivity index (χ0) is 16.6. The highest BCUT2D eigenvalue weighted by Crippen LogP contribution is 2.37. The van der Waals surface area contributed by atoms with Crippen LogP contribution in [0.15, 0.2) is 42.7 Å². The van der Waals surface area contributed by atoms with E-state index in [-0.39, 0.29) is 5.25 Å². The van der Waals surface area contributed by atoms with Gasteiger partial charge in [0.2, 0.25) is 10.0 Å². The third-order valence-electron chi connectivity index (χ3n) is 5.23. The molecule has 1 aromatic heterocycles. The largest absolute Gasteiger partial charge is 0.269 e. The first-order valence-electron chi connectivity index (χ1n) is 8.71. The number of hydrogen-bond donors (Lipinski definition) is 0. The van der Waals surface area contributed by atoms with Gasteiger partial charge >= 0.3 is 0 Å². The number of rotatable bonds is 3. The minimum Gasteiger partial charge on any atom is -0.269 e. The molecule has 126 valence electrons. The van der Waals surface area contributed by atoms with Crippen molar-refractivity contribution in [1.82, 2.24) is 4.98 Å². The number of sulfonamides is 1. The average Bonchev–Trinajstić information content (AvgIpc) is 3.07. The summed E-state index contributed by atoms with van der Waals surface area (Å²) < 4.78 is 27.7. The summed E-state index contributed by atoms with van der Waals surface area (Å²) in [4.78, 5) is 4.05. The van der Waals surface area contributed by atoms with E-state index in [4.69, 9.17) is 0 Å². The highest BCUT2D eigenvalue weighted by Gasteiger charge is 2.36. The molecular weight excluding hydrogens is 320 g/mol. The van der Waals surface area contributed by atoms with E-state index in [1.165, 1.54) is 0 Å². The first-order valence-corrected chi connectivity index (χ1v) is 10.2. The zero-order valence-electron chi connectivity index (χ0n) is 13.7. The molecule has 0 radical (unpaired) electrons. The third-order valence-corrected chi connectivity index (χ3v) is 7.53. The van der Waals surface area contributed by atoms with Gasteiger partial charge in [-0.15, -0.1) is 0 Å². The normalized spacial score (nSPS) is 18.6. The molecule has 2 aliphatic rings. The average molecular weight is 342 g/mol. The lowest BCUT2D eigenvalue weighted by molar-refractivity contribution is 0.482. The van der Waals surface area contributed by atoms with Crippen molar-refractivity contribution in [3.05, 3.63) is 48.3 Å². The van der Waals surface area contributed by atoms with Gasteiger partial charge in [-0.05, 0) is 60.2 Å². The maximum absolute atomic E-state index is 13.0. The van der Waals surface area contributed by atoms with Crippen LogP contribution in [0.3, 0.4) is 0 Å². The molecule has 1 aromatic carbocycles. The number of anilines is 1. The van der Waals surface area contributed by atoms with E-state index in [1.54, 1.807) is 16.7 Å². The maximum Gasteiger partial charge on any atom is 0.238 e. The molecule has 1 saturated carbocycles. The van der Waals surface area contributed by atoms with Crippen LogP contribution >= 0.6 is 0 Å². The predicted octanol–water partition coefficient (Wildman–Crippen LogP) is 3.77. The molecule has 0 unspecified atom stereocenters. The van der Waals surface area contributed by atoms with Gasteiger partial charge in [-0.25, -0.2) is 8.42 Å². The minimum atomic E-state index is -3.23. The van der Waals surface area contributed by atoms with Crippen LogP contribution in [0.4, 0.5) is 5.69 Å². The van der Waals surface area contributed by atoms with Crippen LogP contribution < -0.4 is 4.31 Å². The summed E-state index contributed by atoms with van der Waals surface area (Å²) in [5, 5.41) is -0.197. The van der Waals surface area contributed by atoms with Gasteiger partial charge in [-0.3, -0.25) is 9.29 Å². The Morgan fingerprint density at radius 2 is 1.71 bits per heavy atom. The Hall–Kier alpha value is -1.88. The van der Waals surface area contributed by atoms with Crippen LogP contribution in [0.2, 0.25) is 0 Å². The van der Waals surface area contributed by atoms with E-state index in [0.29, 0.717) is 6.54 Å². The van der Waals surface area contributed by atoms with Crippen molar-refractivity contribution in [3.63, 3.8) is 0 Å². The molecule has 4 nitrogen and oxygen atoms in total. The van der Waals surface area contributed by atoms with Crippen molar-refractivity contribution in [2.24, 2.45) is 0 Å². The Bertz CT molecular complexity index is 828. The summed E-state index contributed by atoms with van der Waals surface area (Å²) in [7, 11) is -3.23. The van der Waals surface area contributed by atoms with Crippen LogP contribution in [0, 0.1) is 0 Å². The van der Waals surface area contributed by atoms with Crippen LogP contribution in [-0.2, 0) is 16.4 Å². The third kappa shape index (κ3) is 2.71. The second kappa shape index (κ2) is 6.20. The van der Waals surface area contributed by atoms with Crippen molar-refractivity contribution < 1.29 is 8.42 Å². The molecule has 24 heavy (non-hydrogen) atoms. The van der Waals surface area contributed by atoms with Crippen molar-refractivity contribution in [2.75, 3.05) is 10.8 Å². The van der Waals surface area contributed by atoms with E-state index in [9.17, 15) is 8.42 Å². The van der Waals surface area contributed by atoms with Crippen molar-refractivity contribution in [1.29, 1.82) is 0 Å². The van der Waals surface area contributed by atoms with E-state index in [1.807, 2.05) is 24.3 Å². The number of pyridine rings is 1. The van der Waals surface area contributed by atoms with Gasteiger partial charge in [0.25, 0.3) is 0 Å². The topological polar surface area (TPSA) is 50.3 Å². The SMILES string of the molecule is O=S(=O)(C1CCCCC1)N1CCc2cc(-c3ccncc3)ccc21. The van der Waals surface area contributed by atoms with Crippen molar-refractivity contribution in [3.8, 4) is 11.1 Å². The molecule has 0 saturated heterocycles. The monoisotopic (exact) mass is 342 g/mol. The van der Waals surface area contributed by atoms with Gasteiger partial charge < -0.3 is 0 Å². The van der Waals surface area contributed by atoms with Crippen LogP contribution in [0.1, 0.15) is 37.7 Å². The van der Waals surface area contributed by atoms with Gasteiger partial charge in [0.15, 0.2) is 0 Å². The van der Waals surface area contributed by atoms with Gasteiger partial charge in [0.05, 0.1) is 10.9 Å². The summed E-state index contributed by atoms with van der Waals surface area (Å²) in [5.74, 6) is 0. The second-order valence-electron chi connectivity index (χ2n) is 6.71. The van der Waals surface area contributed by atoms with E-state index in [0.717, 1.165) is 60.9 Å². The van der Waals surface area contributed by atoms with E-state index >= 15 is 0 Å². The predicted molar refractivity (Wildman–Crippen MR) is 96.5 cm³/mol. The highest BCUT2D eigenvalue weighted by molar-refractivity contribution is 7.93. The number of nitrogens with zero attached hydrogens (tertiary/aromatic N) is 2. The molecule has 4 rings (SSSR count). The standard InChI is InChI=1S/C19H22N2O2S/c22-24(23,18-4-2-1-3-5-18)21-13-10-17-14-16(6-7-19(17)21)15-8-11-20-12-9-15/h6-9,11-12,14,18H,1-5,10,13H2. The summed E-state index contributed by atoms with van der Waals surface area (Å²) in [5.41, 5.74) is 4.23. The molecule has 0 spiro atoms. The van der Waals surface area contributed by atoms with Gasteiger partial charge in [0, 0.05) is 18.9 Å². The molecule has 2 heterocycles. The van der Waals surface area contributed by atoms with E-state index < -0.39 is 10.0 Å². The van der Waals surface area contributed by atoms with Crippen molar-refractivity contribution >= 4 is 15.7 Å². The second-order valence-corrected chi connectivity index (χ2v) is 8.84. The molecule has 1 fully saturated rings. The minimum absolute atomic E-state index is 0.197. The molecule has 0 N–H and O–H groups in total. The Balaban J connectivity index is 1.65. The molecule has 0 amide bonds. The summed E-state index contributed by atoms with van der Waals surface area (Å²) >= 11 is 0. The zero-order valence-corrected chi connectivity index (χ0v) is 14.5. The summed E-state index contributed by atoms with van der Waals surface area (Å²) in [6.07, 6.45) is 9.20. The Kier molecular flexibility index (Phi) is 4.04. The fourth-order valence-corrected chi connectivity index (χ4v) is 5.99. The lowest BCUT2D eigenvalue weighted by Crippen LogP contribution is -2.38. The Morgan fingerprint density at radius 3 is 2.46 bits per heavy atom. The molecule has 1 aliphatic heterocycles. The number of aromatic nitrogens is 1. The molecular formula is C19H22N2O2S. The lowest BCUT2D eigenvalue weighted by atomic mass is 10.0. The quantitative estimate of drug-likeness (QED) is 0.853. The van der Waals surface area contributed by atoms with E-state index in [2.05, 4.69) is 11.1 Å². The molecule has 0 atom stereocenters. The van der Waals surface area contributed by atoms with Crippen molar-refractivity contribution in [2.45, 2.75) is 43.8 Å². The van der Waals surface area contributed by atoms with Crippen LogP contribution in [-0.4, -0.2) is 25.2 Å². The number of benzene rings is 1. The maximum atomic E-state index is 13.0. The fraction of sp³-hybridized carbons (Fsp3) is 0.421. The molecule has 1 aliphatic carbocycles. The summed E-state index contributed by atoms with van der Waals surface area (Å²) in [6, 6.07) is 10.1. The van der Waals surface area contributed by atoms with Gasteiger partial charge in [-0.1, -0.05) is 25.3 Å². The fourth-order valence-electron chi connectivity index (χ4n) is 3.90. The Labute approximate surface area is 143 Å². The van der Waals surface area contributed by atoms with Gasteiger partial charge in [0.1, 0.15) is 0 Å². The van der Waals surface area contributed by atoms with Crippen LogP contribution in [0.25, 0.3) is 11.1 Å². The van der Waals surface area contributed by atoms with Crippen LogP contribution in [0.5, 0.6) is 0 Å².